The smallest absolute Gasteiger partial charge is 0.0967 e. The Bertz CT molecular complexity index is 631. The van der Waals surface area contributed by atoms with Gasteiger partial charge in [-0.25, -0.2) is 0 Å². The third-order valence-corrected chi connectivity index (χ3v) is 10.5. The SMILES string of the molecule is CC(C)(C)[Si]([O-])(c1ccccc1)c1ccccc1.CC[N+](CC)(CC)CC.ClCCl.[Mo].[O-2].[O-2].[O-2]. The van der Waals surface area contributed by atoms with E-state index in [-0.39, 0.29) is 47.9 Å². The summed E-state index contributed by atoms with van der Waals surface area (Å²) in [6.07, 6.45) is 0. The van der Waals surface area contributed by atoms with Crippen LogP contribution in [-0.4, -0.2) is 44.3 Å². The minimum Gasteiger partial charge on any atom is -2.00 e. The fourth-order valence-corrected chi connectivity index (χ4v) is 7.11. The van der Waals surface area contributed by atoms with Crippen molar-refractivity contribution in [2.24, 2.45) is 0 Å². The first kappa shape index (κ1) is 43.8. The van der Waals surface area contributed by atoms with E-state index in [0.29, 0.717) is 0 Å². The zero-order chi connectivity index (χ0) is 23.3. The van der Waals surface area contributed by atoms with Crippen LogP contribution in [-0.2, 0) is 37.5 Å². The first-order chi connectivity index (χ1) is 14.1. The van der Waals surface area contributed by atoms with Gasteiger partial charge in [-0.1, -0.05) is 91.8 Å². The van der Waals surface area contributed by atoms with E-state index in [1.54, 1.807) is 0 Å². The number of nitrogens with zero attached hydrogens (tertiary/aromatic N) is 1. The summed E-state index contributed by atoms with van der Waals surface area (Å²) in [6, 6.07) is 19.7. The van der Waals surface area contributed by atoms with Gasteiger partial charge < -0.3 is 25.7 Å². The van der Waals surface area contributed by atoms with E-state index in [0.717, 1.165) is 10.4 Å². The maximum absolute atomic E-state index is 13.7. The van der Waals surface area contributed by atoms with Crippen molar-refractivity contribution in [2.45, 2.75) is 53.5 Å². The molecule has 0 N–H and O–H groups in total. The van der Waals surface area contributed by atoms with E-state index < -0.39 is 8.32 Å². The minimum absolute atomic E-state index is 0. The van der Waals surface area contributed by atoms with Gasteiger partial charge in [-0.15, -0.1) is 23.2 Å². The van der Waals surface area contributed by atoms with Crippen molar-refractivity contribution in [3.63, 3.8) is 0 Å². The third kappa shape index (κ3) is 12.6. The Morgan fingerprint density at radius 3 is 1.06 bits per heavy atom. The van der Waals surface area contributed by atoms with Crippen molar-refractivity contribution in [1.29, 1.82) is 0 Å². The predicted octanol–water partition coefficient (Wildman–Crippen LogP) is 4.85. The Hall–Kier alpha value is -0.275. The summed E-state index contributed by atoms with van der Waals surface area (Å²) < 4.78 is 1.28. The van der Waals surface area contributed by atoms with Crippen LogP contribution in [0.3, 0.4) is 0 Å². The predicted molar refractivity (Wildman–Crippen MR) is 139 cm³/mol. The molecule has 0 atom stereocenters. The van der Waals surface area contributed by atoms with Crippen molar-refractivity contribution in [1.82, 2.24) is 0 Å². The Morgan fingerprint density at radius 2 is 0.912 bits per heavy atom. The van der Waals surface area contributed by atoms with Crippen molar-refractivity contribution in [2.75, 3.05) is 31.5 Å². The third-order valence-electron chi connectivity index (χ3n) is 6.10. The van der Waals surface area contributed by atoms with Gasteiger partial charge in [0.1, 0.15) is 0 Å². The number of rotatable bonds is 6. The number of alkyl halides is 2. The maximum atomic E-state index is 13.7. The quantitative estimate of drug-likeness (QED) is 0.259. The molecule has 34 heavy (non-hydrogen) atoms. The molecule has 0 aliphatic rings. The summed E-state index contributed by atoms with van der Waals surface area (Å²) in [4.78, 5) is 13.7. The fourth-order valence-electron chi connectivity index (χ4n) is 3.72. The standard InChI is InChI=1S/C16H19OSi.C8H20N.CH2Cl2.Mo.3O/c1-16(2,3)18(17,14-10-6-4-7-11-14)15-12-8-5-9-13-15;1-5-9(6-2,7-3)8-4;2-1-3;;;;/h4-13H,1-3H3;5-8H2,1-4H3;1H2;;;;/q-1;+1;;;3*-2. The second-order valence-corrected chi connectivity index (χ2v) is 13.2. The summed E-state index contributed by atoms with van der Waals surface area (Å²) >= 11 is 9.53. The van der Waals surface area contributed by atoms with E-state index in [4.69, 9.17) is 23.2 Å². The van der Waals surface area contributed by atoms with Crippen LogP contribution in [0.2, 0.25) is 5.04 Å². The van der Waals surface area contributed by atoms with Gasteiger partial charge in [0, 0.05) is 29.4 Å². The Balaban J connectivity index is -0.000000152. The minimum atomic E-state index is -2.95. The van der Waals surface area contributed by atoms with Gasteiger partial charge in [0.05, 0.1) is 31.5 Å². The molecule has 0 aliphatic carbocycles. The fraction of sp³-hybridized carbons (Fsp3) is 0.520. The molecule has 0 spiro atoms. The first-order valence-corrected chi connectivity index (χ1v) is 13.9. The largest absolute Gasteiger partial charge is 2.00 e. The van der Waals surface area contributed by atoms with Crippen molar-refractivity contribution >= 4 is 41.9 Å². The normalized spacial score (nSPS) is 10.3. The van der Waals surface area contributed by atoms with Crippen molar-refractivity contribution < 1.29 is 46.8 Å². The molecule has 0 aliphatic heterocycles. The molecule has 2 aromatic carbocycles. The zero-order valence-corrected chi connectivity index (χ0v) is 26.1. The first-order valence-electron chi connectivity index (χ1n) is 10.9. The molecule has 200 valence electrons. The van der Waals surface area contributed by atoms with Crippen LogP contribution in [0.25, 0.3) is 0 Å². The Kier molecular flexibility index (Phi) is 28.3. The van der Waals surface area contributed by atoms with Crippen molar-refractivity contribution in [3.8, 4) is 0 Å². The molecule has 5 nitrogen and oxygen atoms in total. The van der Waals surface area contributed by atoms with Gasteiger partial charge in [0.15, 0.2) is 0 Å². The number of quaternary nitrogens is 1. The summed E-state index contributed by atoms with van der Waals surface area (Å²) in [5, 5.41) is 1.86. The topological polar surface area (TPSA) is 109 Å². The van der Waals surface area contributed by atoms with Gasteiger partial charge in [0.25, 0.3) is 0 Å². The molecule has 0 aromatic heterocycles. The van der Waals surface area contributed by atoms with E-state index in [2.05, 4.69) is 48.5 Å². The second kappa shape index (κ2) is 22.0. The molecule has 2 rings (SSSR count). The van der Waals surface area contributed by atoms with Crippen LogP contribution < -0.4 is 15.2 Å². The average molecular weight is 615 g/mol. The van der Waals surface area contributed by atoms with E-state index in [1.807, 2.05) is 60.7 Å². The van der Waals surface area contributed by atoms with Crippen LogP contribution in [0.1, 0.15) is 48.5 Å². The second-order valence-electron chi connectivity index (χ2n) is 8.37. The summed E-state index contributed by atoms with van der Waals surface area (Å²) in [6.45, 7) is 20.4. The zero-order valence-electron chi connectivity index (χ0n) is 21.6. The molecule has 0 radical (unpaired) electrons. The summed E-state index contributed by atoms with van der Waals surface area (Å²) in [5.41, 5.74) is 0. The molecule has 0 saturated heterocycles. The molecule has 0 amide bonds. The Morgan fingerprint density at radius 1 is 0.676 bits per heavy atom. The van der Waals surface area contributed by atoms with E-state index in [9.17, 15) is 4.80 Å². The number of benzene rings is 2. The van der Waals surface area contributed by atoms with Crippen LogP contribution in [0.4, 0.5) is 0 Å². The monoisotopic (exact) mass is 615 g/mol. The summed E-state index contributed by atoms with van der Waals surface area (Å²) in [5.74, 6) is 0. The number of halogens is 2. The van der Waals surface area contributed by atoms with Gasteiger partial charge in [-0.2, -0.15) is 0 Å². The molecule has 0 saturated carbocycles. The van der Waals surface area contributed by atoms with Gasteiger partial charge in [-0.05, 0) is 32.7 Å². The summed E-state index contributed by atoms with van der Waals surface area (Å²) in [7, 11) is -2.95. The van der Waals surface area contributed by atoms with Gasteiger partial charge in [0.2, 0.25) is 0 Å². The maximum Gasteiger partial charge on any atom is 0.0967 e. The molecule has 0 unspecified atom stereocenters. The van der Waals surface area contributed by atoms with Crippen LogP contribution >= 0.6 is 23.2 Å². The van der Waals surface area contributed by atoms with Crippen LogP contribution in [0, 0.1) is 0 Å². The molecule has 0 heterocycles. The van der Waals surface area contributed by atoms with E-state index in [1.165, 1.54) is 30.7 Å². The number of hydrogen-bond donors (Lipinski definition) is 0. The molecule has 0 fully saturated rings. The molecule has 2 aromatic rings. The van der Waals surface area contributed by atoms with Gasteiger partial charge >= 0.3 is 0 Å². The molecular weight excluding hydrogens is 573 g/mol. The average Bonchev–Trinajstić information content (AvgIpc) is 2.77. The van der Waals surface area contributed by atoms with Crippen molar-refractivity contribution in [3.05, 3.63) is 60.7 Å². The van der Waals surface area contributed by atoms with Crippen LogP contribution in [0.15, 0.2) is 60.7 Å². The molecule has 0 bridgehead atoms. The van der Waals surface area contributed by atoms with Gasteiger partial charge in [-0.3, -0.25) is 0 Å². The van der Waals surface area contributed by atoms with Crippen LogP contribution in [0.5, 0.6) is 0 Å². The molecular formula is C25H41Cl2MoNO4Si-6. The Labute approximate surface area is 233 Å². The number of hydrogen-bond acceptors (Lipinski definition) is 1. The van der Waals surface area contributed by atoms with E-state index >= 15 is 0 Å². The molecule has 9 heteroatoms.